The zero-order chi connectivity index (χ0) is 16.9. The molecule has 0 spiro atoms. The summed E-state index contributed by atoms with van der Waals surface area (Å²) in [7, 11) is 0. The van der Waals surface area contributed by atoms with E-state index in [1.54, 1.807) is 20.8 Å². The first kappa shape index (κ1) is 17.0. The number of hydroxylamine groups is 2. The number of benzene rings is 2. The van der Waals surface area contributed by atoms with Gasteiger partial charge in [0.1, 0.15) is 5.60 Å². The molecule has 0 aromatic heterocycles. The van der Waals surface area contributed by atoms with Gasteiger partial charge in [-0.15, -0.1) is 0 Å². The molecule has 0 aliphatic carbocycles. The van der Waals surface area contributed by atoms with Crippen LogP contribution in [0.3, 0.4) is 0 Å². The van der Waals surface area contributed by atoms with Gasteiger partial charge in [0, 0.05) is 5.92 Å². The van der Waals surface area contributed by atoms with Crippen molar-refractivity contribution < 1.29 is 14.7 Å². The summed E-state index contributed by atoms with van der Waals surface area (Å²) in [6.45, 7) is 5.43. The summed E-state index contributed by atoms with van der Waals surface area (Å²) in [4.78, 5) is 12.0. The minimum Gasteiger partial charge on any atom is -0.442 e. The Bertz CT molecular complexity index is 581. The third kappa shape index (κ3) is 5.11. The molecule has 0 aliphatic rings. The van der Waals surface area contributed by atoms with Crippen molar-refractivity contribution in [2.75, 3.05) is 6.54 Å². The van der Waals surface area contributed by atoms with E-state index in [1.165, 1.54) is 0 Å². The molecule has 0 heterocycles. The molecule has 23 heavy (non-hydrogen) atoms. The first-order valence-corrected chi connectivity index (χ1v) is 7.66. The van der Waals surface area contributed by atoms with Gasteiger partial charge in [-0.3, -0.25) is 5.21 Å². The van der Waals surface area contributed by atoms with Crippen LogP contribution in [0.15, 0.2) is 60.7 Å². The van der Waals surface area contributed by atoms with Crippen molar-refractivity contribution in [3.63, 3.8) is 0 Å². The molecule has 2 rings (SSSR count). The molecule has 0 saturated heterocycles. The van der Waals surface area contributed by atoms with Crippen LogP contribution in [0, 0.1) is 0 Å². The van der Waals surface area contributed by atoms with E-state index >= 15 is 0 Å². The summed E-state index contributed by atoms with van der Waals surface area (Å²) in [6, 6.07) is 19.6. The van der Waals surface area contributed by atoms with E-state index in [4.69, 9.17) is 4.74 Å². The zero-order valence-corrected chi connectivity index (χ0v) is 13.8. The molecule has 1 amide bonds. The average Bonchev–Trinajstić information content (AvgIpc) is 2.52. The lowest BCUT2D eigenvalue weighted by molar-refractivity contribution is -0.0952. The standard InChI is InChI=1S/C19H23NO3/c1-19(2,3)23-18(21)20(22)14-17(15-10-6-4-7-11-15)16-12-8-5-9-13-16/h4-13,17,22H,14H2,1-3H3. The van der Waals surface area contributed by atoms with E-state index in [2.05, 4.69) is 0 Å². The molecule has 0 saturated carbocycles. The van der Waals surface area contributed by atoms with Crippen LogP contribution < -0.4 is 0 Å². The molecular formula is C19H23NO3. The molecule has 4 nitrogen and oxygen atoms in total. The van der Waals surface area contributed by atoms with Crippen molar-refractivity contribution in [3.8, 4) is 0 Å². The highest BCUT2D eigenvalue weighted by Crippen LogP contribution is 2.25. The van der Waals surface area contributed by atoms with Crippen LogP contribution >= 0.6 is 0 Å². The summed E-state index contributed by atoms with van der Waals surface area (Å²) < 4.78 is 5.21. The fraction of sp³-hybridized carbons (Fsp3) is 0.316. The Labute approximate surface area is 137 Å². The molecule has 0 atom stereocenters. The van der Waals surface area contributed by atoms with E-state index in [9.17, 15) is 10.0 Å². The molecule has 0 fully saturated rings. The molecule has 2 aromatic carbocycles. The SMILES string of the molecule is CC(C)(C)OC(=O)N(O)CC(c1ccccc1)c1ccccc1. The first-order chi connectivity index (χ1) is 10.9. The van der Waals surface area contributed by atoms with Crippen LogP contribution in [-0.4, -0.2) is 28.5 Å². The monoisotopic (exact) mass is 313 g/mol. The highest BCUT2D eigenvalue weighted by Gasteiger charge is 2.25. The number of rotatable bonds is 4. The van der Waals surface area contributed by atoms with Crippen LogP contribution in [0.5, 0.6) is 0 Å². The van der Waals surface area contributed by atoms with Crippen molar-refractivity contribution in [2.24, 2.45) is 0 Å². The van der Waals surface area contributed by atoms with Gasteiger partial charge < -0.3 is 4.74 Å². The Hall–Kier alpha value is -2.33. The Kier molecular flexibility index (Phi) is 5.40. The quantitative estimate of drug-likeness (QED) is 0.670. The molecule has 0 aliphatic heterocycles. The molecule has 122 valence electrons. The van der Waals surface area contributed by atoms with Gasteiger partial charge in [-0.2, -0.15) is 5.06 Å². The Morgan fingerprint density at radius 2 is 1.43 bits per heavy atom. The topological polar surface area (TPSA) is 49.8 Å². The maximum atomic E-state index is 12.0. The summed E-state index contributed by atoms with van der Waals surface area (Å²) in [5.74, 6) is -0.130. The lowest BCUT2D eigenvalue weighted by Crippen LogP contribution is -2.37. The van der Waals surface area contributed by atoms with Gasteiger partial charge in [0.05, 0.1) is 6.54 Å². The number of ether oxygens (including phenoxy) is 1. The third-order valence-electron chi connectivity index (χ3n) is 3.36. The highest BCUT2D eigenvalue weighted by atomic mass is 16.6. The second kappa shape index (κ2) is 7.29. The number of hydrogen-bond acceptors (Lipinski definition) is 3. The summed E-state index contributed by atoms with van der Waals surface area (Å²) in [5.41, 5.74) is 1.41. The zero-order valence-electron chi connectivity index (χ0n) is 13.8. The van der Waals surface area contributed by atoms with Crippen molar-refractivity contribution in [1.29, 1.82) is 0 Å². The minimum atomic E-state index is -0.741. The van der Waals surface area contributed by atoms with Crippen LogP contribution in [-0.2, 0) is 4.74 Å². The smallest absolute Gasteiger partial charge is 0.434 e. The molecule has 0 bridgehead atoms. The lowest BCUT2D eigenvalue weighted by atomic mass is 9.91. The molecule has 0 unspecified atom stereocenters. The van der Waals surface area contributed by atoms with Crippen LogP contribution in [0.25, 0.3) is 0 Å². The summed E-state index contributed by atoms with van der Waals surface area (Å²) in [5, 5.41) is 10.8. The maximum Gasteiger partial charge on any atom is 0.434 e. The van der Waals surface area contributed by atoms with Crippen LogP contribution in [0.2, 0.25) is 0 Å². The molecule has 0 radical (unpaired) electrons. The number of carbonyl (C=O) groups is 1. The van der Waals surface area contributed by atoms with Gasteiger partial charge in [0.25, 0.3) is 0 Å². The molecule has 1 N–H and O–H groups in total. The number of carbonyl (C=O) groups excluding carboxylic acids is 1. The van der Waals surface area contributed by atoms with Crippen LogP contribution in [0.4, 0.5) is 4.79 Å². The Morgan fingerprint density at radius 1 is 1.00 bits per heavy atom. The van der Waals surface area contributed by atoms with Gasteiger partial charge in [-0.25, -0.2) is 4.79 Å². The first-order valence-electron chi connectivity index (χ1n) is 7.66. The normalized spacial score (nSPS) is 11.3. The fourth-order valence-corrected chi connectivity index (χ4v) is 2.34. The van der Waals surface area contributed by atoms with Gasteiger partial charge in [0.15, 0.2) is 0 Å². The van der Waals surface area contributed by atoms with Crippen molar-refractivity contribution >= 4 is 6.09 Å². The number of amides is 1. The molecule has 2 aromatic rings. The largest absolute Gasteiger partial charge is 0.442 e. The predicted molar refractivity (Wildman–Crippen MR) is 89.5 cm³/mol. The average molecular weight is 313 g/mol. The second-order valence-electron chi connectivity index (χ2n) is 6.44. The van der Waals surface area contributed by atoms with E-state index in [0.717, 1.165) is 11.1 Å². The summed E-state index contributed by atoms with van der Waals surface area (Å²) >= 11 is 0. The third-order valence-corrected chi connectivity index (χ3v) is 3.36. The van der Waals surface area contributed by atoms with Crippen molar-refractivity contribution in [3.05, 3.63) is 71.8 Å². The minimum absolute atomic E-state index is 0.128. The lowest BCUT2D eigenvalue weighted by Gasteiger charge is -2.26. The Morgan fingerprint density at radius 3 is 1.83 bits per heavy atom. The molecule has 4 heteroatoms. The molecular weight excluding hydrogens is 290 g/mol. The Balaban J connectivity index is 2.21. The van der Waals surface area contributed by atoms with Crippen LogP contribution in [0.1, 0.15) is 37.8 Å². The number of hydrogen-bond donors (Lipinski definition) is 1. The van der Waals surface area contributed by atoms with Gasteiger partial charge in [-0.1, -0.05) is 60.7 Å². The maximum absolute atomic E-state index is 12.0. The summed E-state index contributed by atoms with van der Waals surface area (Å²) in [6.07, 6.45) is -0.741. The van der Waals surface area contributed by atoms with Gasteiger partial charge in [-0.05, 0) is 31.9 Å². The van der Waals surface area contributed by atoms with Gasteiger partial charge >= 0.3 is 6.09 Å². The van der Waals surface area contributed by atoms with Crippen molar-refractivity contribution in [2.45, 2.75) is 32.3 Å². The second-order valence-corrected chi connectivity index (χ2v) is 6.44. The van der Waals surface area contributed by atoms with E-state index in [-0.39, 0.29) is 12.5 Å². The number of nitrogens with zero attached hydrogens (tertiary/aromatic N) is 1. The van der Waals surface area contributed by atoms with Gasteiger partial charge in [0.2, 0.25) is 0 Å². The van der Waals surface area contributed by atoms with E-state index in [0.29, 0.717) is 5.06 Å². The van der Waals surface area contributed by atoms with E-state index < -0.39 is 11.7 Å². The van der Waals surface area contributed by atoms with Crippen molar-refractivity contribution in [1.82, 2.24) is 5.06 Å². The highest BCUT2D eigenvalue weighted by molar-refractivity contribution is 5.66. The fourth-order valence-electron chi connectivity index (χ4n) is 2.34. The predicted octanol–water partition coefficient (Wildman–Crippen LogP) is 4.44. The van der Waals surface area contributed by atoms with E-state index in [1.807, 2.05) is 60.7 Å².